The van der Waals surface area contributed by atoms with Crippen LogP contribution in [0.4, 0.5) is 0 Å². The standard InChI is InChI=1S/C33H39N5O6S/c1-7-20-31(44)37-33-29(38(33)32(20,33)6)28-15(3)19(9-11-26(41)42)23(35-28)13-22-18(8-10-25(39)40)14(2)21(34-22)12-24-27(17(5)45)16(4)30(43)36-24/h7,12-13,16-17,20,27,34-35,45H,1,8-11H2,2-6H3,(H,36,43)(H,37,44)(H,39,40)(H,41,42)/b23-13-,24-12-,29-28+/t16-,17?,20?,27+,32-,33-,38?/m1/s1. The zero-order valence-electron chi connectivity index (χ0n) is 26.0. The van der Waals surface area contributed by atoms with Crippen LogP contribution in [0.5, 0.6) is 0 Å². The van der Waals surface area contributed by atoms with E-state index in [1.165, 1.54) is 0 Å². The number of carboxylic acids is 2. The minimum Gasteiger partial charge on any atom is -0.481 e. The Hall–Kier alpha value is -4.19. The Morgan fingerprint density at radius 1 is 1.02 bits per heavy atom. The van der Waals surface area contributed by atoms with Crippen LogP contribution in [0.3, 0.4) is 0 Å². The van der Waals surface area contributed by atoms with Crippen molar-refractivity contribution < 1.29 is 29.4 Å². The topological polar surface area (TPSA) is 167 Å². The van der Waals surface area contributed by atoms with Crippen molar-refractivity contribution in [2.24, 2.45) is 17.8 Å². The molecule has 2 amide bonds. The van der Waals surface area contributed by atoms with E-state index in [0.29, 0.717) is 11.0 Å². The van der Waals surface area contributed by atoms with Gasteiger partial charge in [-0.15, -0.1) is 6.58 Å². The van der Waals surface area contributed by atoms with Crippen LogP contribution in [0, 0.1) is 31.6 Å². The van der Waals surface area contributed by atoms with Crippen LogP contribution >= 0.6 is 12.6 Å². The number of allylic oxidation sites excluding steroid dienone is 1. The number of H-pyrrole nitrogens is 2. The largest absolute Gasteiger partial charge is 0.481 e. The van der Waals surface area contributed by atoms with Gasteiger partial charge in [0, 0.05) is 52.4 Å². The van der Waals surface area contributed by atoms with E-state index in [2.05, 4.69) is 44.7 Å². The van der Waals surface area contributed by atoms with Gasteiger partial charge in [0.25, 0.3) is 0 Å². The number of hydrogen-bond donors (Lipinski definition) is 7. The number of amides is 2. The minimum absolute atomic E-state index is 0.0603. The summed E-state index contributed by atoms with van der Waals surface area (Å²) in [6, 6.07) is 0. The van der Waals surface area contributed by atoms with Gasteiger partial charge in [0.05, 0.1) is 17.0 Å². The summed E-state index contributed by atoms with van der Waals surface area (Å²) >= 11 is 4.63. The quantitative estimate of drug-likeness (QED) is 0.119. The molecule has 4 aliphatic heterocycles. The Balaban J connectivity index is 1.49. The fourth-order valence-corrected chi connectivity index (χ4v) is 8.28. The lowest BCUT2D eigenvalue weighted by Gasteiger charge is -2.17. The molecular weight excluding hydrogens is 594 g/mol. The monoisotopic (exact) mass is 633 g/mol. The van der Waals surface area contributed by atoms with Gasteiger partial charge >= 0.3 is 11.9 Å². The second-order valence-electron chi connectivity index (χ2n) is 12.9. The van der Waals surface area contributed by atoms with E-state index in [1.54, 1.807) is 6.08 Å². The summed E-state index contributed by atoms with van der Waals surface area (Å²) in [5.41, 5.74) is 5.69. The average molecular weight is 634 g/mol. The second-order valence-corrected chi connectivity index (χ2v) is 13.7. The molecule has 6 heterocycles. The second kappa shape index (κ2) is 10.4. The van der Waals surface area contributed by atoms with Crippen molar-refractivity contribution in [3.63, 3.8) is 0 Å². The van der Waals surface area contributed by atoms with Crippen molar-refractivity contribution in [2.45, 2.75) is 76.8 Å². The lowest BCUT2D eigenvalue weighted by atomic mass is 9.87. The van der Waals surface area contributed by atoms with E-state index in [-0.39, 0.29) is 66.0 Å². The number of hydrogen-bond acceptors (Lipinski definition) is 6. The number of aliphatic carboxylic acids is 2. The Bertz CT molecular complexity index is 1850. The highest BCUT2D eigenvalue weighted by molar-refractivity contribution is 7.80. The van der Waals surface area contributed by atoms with E-state index in [1.807, 2.05) is 46.8 Å². The molecule has 45 heavy (non-hydrogen) atoms. The molecule has 0 bridgehead atoms. The highest BCUT2D eigenvalue weighted by Gasteiger charge is 2.96. The van der Waals surface area contributed by atoms with Crippen LogP contribution in [0.15, 0.2) is 18.4 Å². The highest BCUT2D eigenvalue weighted by atomic mass is 32.1. The van der Waals surface area contributed by atoms with Crippen LogP contribution in [-0.4, -0.2) is 65.3 Å². The molecule has 238 valence electrons. The Kier molecular flexibility index (Phi) is 7.15. The van der Waals surface area contributed by atoms with Crippen LogP contribution in [0.1, 0.15) is 67.3 Å². The van der Waals surface area contributed by atoms with Gasteiger partial charge in [0.15, 0.2) is 5.66 Å². The minimum atomic E-state index is -0.917. The van der Waals surface area contributed by atoms with Crippen molar-refractivity contribution in [2.75, 3.05) is 0 Å². The summed E-state index contributed by atoms with van der Waals surface area (Å²) in [6.07, 6.45) is 5.93. The molecule has 0 aliphatic carbocycles. The van der Waals surface area contributed by atoms with Crippen molar-refractivity contribution in [3.05, 3.63) is 62.7 Å². The molecule has 0 radical (unpaired) electrons. The van der Waals surface area contributed by atoms with E-state index in [4.69, 9.17) is 0 Å². The number of nitrogens with one attached hydrogen (secondary N) is 4. The highest BCUT2D eigenvalue weighted by Crippen LogP contribution is 2.78. The van der Waals surface area contributed by atoms with Crippen LogP contribution in [-0.2, 0) is 32.0 Å². The first-order chi connectivity index (χ1) is 21.2. The summed E-state index contributed by atoms with van der Waals surface area (Å²) in [5, 5.41) is 26.6. The average Bonchev–Trinajstić information content (AvgIpc) is 3.53. The Labute approximate surface area is 265 Å². The van der Waals surface area contributed by atoms with E-state index in [9.17, 15) is 29.4 Å². The van der Waals surface area contributed by atoms with Crippen molar-refractivity contribution in [1.82, 2.24) is 25.5 Å². The molecular formula is C33H39N5O6S. The maximum absolute atomic E-state index is 12.7. The molecule has 1 spiro atoms. The fraction of sp³-hybridized carbons (Fsp3) is 0.455. The van der Waals surface area contributed by atoms with Crippen molar-refractivity contribution in [1.29, 1.82) is 0 Å². The molecule has 12 heteroatoms. The van der Waals surface area contributed by atoms with Gasteiger partial charge in [0.2, 0.25) is 11.8 Å². The third kappa shape index (κ3) is 4.39. The number of nitrogens with zero attached hydrogens (tertiary/aromatic N) is 1. The summed E-state index contributed by atoms with van der Waals surface area (Å²) in [7, 11) is 0. The maximum Gasteiger partial charge on any atom is 0.303 e. The molecule has 0 aromatic carbocycles. The Morgan fingerprint density at radius 2 is 1.67 bits per heavy atom. The number of aromatic nitrogens is 2. The van der Waals surface area contributed by atoms with Crippen molar-refractivity contribution in [3.8, 4) is 0 Å². The number of rotatable bonds is 10. The molecule has 4 saturated heterocycles. The SMILES string of the molecule is C=CC1C(=O)N[C@]23/C(=c4\[nH]/c(=C\c5[nH]c(/C=C6\NC(=O)[C@H](C)[C@H]6C(C)S)c(C)c5CCC(=O)O)c(CCC(=O)O)c4C)N2[C@]13C. The van der Waals surface area contributed by atoms with Gasteiger partial charge in [-0.25, -0.2) is 0 Å². The zero-order chi connectivity index (χ0) is 32.7. The third-order valence-corrected chi connectivity index (χ3v) is 10.7. The number of aromatic amines is 2. The summed E-state index contributed by atoms with van der Waals surface area (Å²) in [6.45, 7) is 13.6. The zero-order valence-corrected chi connectivity index (χ0v) is 26.9. The molecule has 2 unspecified atom stereocenters. The van der Waals surface area contributed by atoms with Crippen molar-refractivity contribution >= 4 is 54.2 Å². The number of carboxylic acid groups (broad SMARTS) is 2. The Morgan fingerprint density at radius 3 is 2.27 bits per heavy atom. The van der Waals surface area contributed by atoms with Crippen LogP contribution < -0.4 is 21.3 Å². The first-order valence-corrected chi connectivity index (χ1v) is 15.7. The van der Waals surface area contributed by atoms with Gasteiger partial charge in [0.1, 0.15) is 5.54 Å². The predicted molar refractivity (Wildman–Crippen MR) is 171 cm³/mol. The molecule has 6 N–H and O–H groups in total. The van der Waals surface area contributed by atoms with Gasteiger partial charge in [-0.1, -0.05) is 19.9 Å². The lowest BCUT2D eigenvalue weighted by Crippen LogP contribution is -2.34. The molecule has 2 aromatic rings. The van der Waals surface area contributed by atoms with E-state index >= 15 is 0 Å². The van der Waals surface area contributed by atoms with Gasteiger partial charge in [-0.3, -0.25) is 19.2 Å². The van der Waals surface area contributed by atoms with Gasteiger partial charge in [-0.2, -0.15) is 12.6 Å². The number of thiol groups is 1. The summed E-state index contributed by atoms with van der Waals surface area (Å²) < 4.78 is 0. The van der Waals surface area contributed by atoms with Gasteiger partial charge in [-0.05, 0) is 68.0 Å². The number of carbonyl (C=O) groups is 4. The molecule has 11 nitrogen and oxygen atoms in total. The van der Waals surface area contributed by atoms with Gasteiger partial charge < -0.3 is 35.7 Å². The molecule has 4 aliphatic rings. The summed E-state index contributed by atoms with van der Waals surface area (Å²) in [5.74, 6) is -2.61. The predicted octanol–water partition coefficient (Wildman–Crippen LogP) is 1.69. The third-order valence-electron chi connectivity index (χ3n) is 10.4. The fourth-order valence-electron chi connectivity index (χ4n) is 7.86. The molecule has 6 rings (SSSR count). The maximum atomic E-state index is 12.7. The van der Waals surface area contributed by atoms with E-state index in [0.717, 1.165) is 44.7 Å². The summed E-state index contributed by atoms with van der Waals surface area (Å²) in [4.78, 5) is 57.5. The number of carbonyl (C=O) groups excluding carboxylic acids is 2. The molecule has 4 fully saturated rings. The van der Waals surface area contributed by atoms with Crippen LogP contribution in [0.2, 0.25) is 0 Å². The lowest BCUT2D eigenvalue weighted by molar-refractivity contribution is -0.138. The first-order valence-electron chi connectivity index (χ1n) is 15.2. The molecule has 6 atom stereocenters. The first kappa shape index (κ1) is 30.8. The molecule has 0 saturated carbocycles. The van der Waals surface area contributed by atoms with E-state index < -0.39 is 17.6 Å². The molecule has 2 aromatic heterocycles. The van der Waals surface area contributed by atoms with Crippen LogP contribution in [0.25, 0.3) is 17.8 Å². The normalized spacial score (nSPS) is 31.1. The smallest absolute Gasteiger partial charge is 0.303 e. The number of fused-ring (bicyclic) bond motifs is 1.